The molecular weight excluding hydrogens is 712 g/mol. The van der Waals surface area contributed by atoms with Crippen LogP contribution in [0, 0.1) is 26.0 Å². The Bertz CT molecular complexity index is 1380. The second kappa shape index (κ2) is 26.9. The number of anilines is 3. The molecule has 0 bridgehead atoms. The lowest BCUT2D eigenvalue weighted by Gasteiger charge is -2.15. The quantitative estimate of drug-likeness (QED) is 0.0901. The fraction of sp³-hybridized carbons (Fsp3) is 0.500. The average Bonchev–Trinajstić information content (AvgIpc) is 3.93. The van der Waals surface area contributed by atoms with E-state index >= 15 is 0 Å². The molecule has 290 valence electrons. The van der Waals surface area contributed by atoms with E-state index in [1.807, 2.05) is 24.3 Å². The van der Waals surface area contributed by atoms with Crippen molar-refractivity contribution in [2.75, 3.05) is 94.9 Å². The summed E-state index contributed by atoms with van der Waals surface area (Å²) in [4.78, 5) is 26.9. The molecule has 0 atom stereocenters. The van der Waals surface area contributed by atoms with Crippen LogP contribution in [-0.2, 0) is 0 Å². The molecular formula is C36H56Cl2FN9O4. The summed E-state index contributed by atoms with van der Waals surface area (Å²) in [6.07, 6.45) is 8.08. The first-order valence-electron chi connectivity index (χ1n) is 17.6. The van der Waals surface area contributed by atoms with Gasteiger partial charge >= 0.3 is 0 Å². The smallest absolute Gasteiger partial charge is 0.269 e. The third-order valence-electron chi connectivity index (χ3n) is 8.58. The van der Waals surface area contributed by atoms with Crippen molar-refractivity contribution in [2.45, 2.75) is 38.5 Å². The van der Waals surface area contributed by atoms with Crippen LogP contribution in [-0.4, -0.2) is 103 Å². The lowest BCUT2D eigenvalue weighted by Crippen LogP contribution is -2.26. The number of hydrogen-bond acceptors (Lipinski definition) is 11. The van der Waals surface area contributed by atoms with Crippen LogP contribution in [0.2, 0.25) is 0 Å². The Labute approximate surface area is 319 Å². The number of benzene rings is 3. The van der Waals surface area contributed by atoms with E-state index < -0.39 is 10.7 Å². The number of rotatable bonds is 12. The number of likely N-dealkylation sites (tertiary alicyclic amines) is 3. The normalized spacial score (nSPS) is 15.3. The van der Waals surface area contributed by atoms with Crippen LogP contribution in [0.5, 0.6) is 0 Å². The molecule has 3 fully saturated rings. The van der Waals surface area contributed by atoms with Crippen molar-refractivity contribution in [3.63, 3.8) is 0 Å². The highest BCUT2D eigenvalue weighted by molar-refractivity contribution is 5.85. The van der Waals surface area contributed by atoms with E-state index in [9.17, 15) is 24.6 Å². The SMILES string of the molecule is Cl.Cl.NCCN1CCCC1.Nc1ccc(NCCN2CCCC2)cc1.O=[N+]([O-])c1ccc(F)cc1.O=[N+]([O-])c1ccc(NCCN2CCCC2)cc1. The van der Waals surface area contributed by atoms with Gasteiger partial charge in [0.2, 0.25) is 0 Å². The molecule has 6 rings (SSSR count). The maximum absolute atomic E-state index is 12.1. The molecule has 13 nitrogen and oxygen atoms in total. The molecule has 6 N–H and O–H groups in total. The van der Waals surface area contributed by atoms with Gasteiger partial charge in [-0.05, 0) is 126 Å². The van der Waals surface area contributed by atoms with Crippen LogP contribution in [0.1, 0.15) is 38.5 Å². The molecule has 52 heavy (non-hydrogen) atoms. The number of nitro benzene ring substituents is 2. The Morgan fingerprint density at radius 3 is 1.25 bits per heavy atom. The van der Waals surface area contributed by atoms with Gasteiger partial charge in [0.05, 0.1) is 9.85 Å². The fourth-order valence-corrected chi connectivity index (χ4v) is 5.78. The minimum atomic E-state index is -0.570. The van der Waals surface area contributed by atoms with E-state index in [0.29, 0.717) is 0 Å². The largest absolute Gasteiger partial charge is 0.399 e. The molecule has 0 aromatic heterocycles. The number of halogens is 3. The van der Waals surface area contributed by atoms with Crippen molar-refractivity contribution in [1.29, 1.82) is 0 Å². The summed E-state index contributed by atoms with van der Waals surface area (Å²) in [5.74, 6) is -0.467. The van der Waals surface area contributed by atoms with E-state index in [1.54, 1.807) is 12.1 Å². The van der Waals surface area contributed by atoms with E-state index in [2.05, 4.69) is 25.3 Å². The average molecular weight is 769 g/mol. The number of non-ortho nitro benzene ring substituents is 2. The number of nitrogen functional groups attached to an aromatic ring is 1. The van der Waals surface area contributed by atoms with E-state index in [-0.39, 0.29) is 41.1 Å². The van der Waals surface area contributed by atoms with Gasteiger partial charge in [-0.25, -0.2) is 4.39 Å². The maximum Gasteiger partial charge on any atom is 0.269 e. The third-order valence-corrected chi connectivity index (χ3v) is 8.58. The van der Waals surface area contributed by atoms with Crippen molar-refractivity contribution in [3.05, 3.63) is 98.8 Å². The number of hydrogen-bond donors (Lipinski definition) is 4. The first-order valence-corrected chi connectivity index (χ1v) is 17.6. The number of nitrogens with one attached hydrogen (secondary N) is 2. The molecule has 3 heterocycles. The summed E-state index contributed by atoms with van der Waals surface area (Å²) < 4.78 is 12.1. The second-order valence-corrected chi connectivity index (χ2v) is 12.4. The minimum absolute atomic E-state index is 0. The summed E-state index contributed by atoms with van der Waals surface area (Å²) in [5, 5.41) is 27.1. The summed E-state index contributed by atoms with van der Waals surface area (Å²) in [6, 6.07) is 18.8. The van der Waals surface area contributed by atoms with Gasteiger partial charge in [-0.1, -0.05) is 0 Å². The molecule has 3 aromatic carbocycles. The van der Waals surface area contributed by atoms with Crippen LogP contribution in [0.15, 0.2) is 72.8 Å². The van der Waals surface area contributed by atoms with Crippen molar-refractivity contribution in [3.8, 4) is 0 Å². The highest BCUT2D eigenvalue weighted by Crippen LogP contribution is 2.16. The van der Waals surface area contributed by atoms with Crippen molar-refractivity contribution < 1.29 is 14.2 Å². The topological polar surface area (TPSA) is 172 Å². The fourth-order valence-electron chi connectivity index (χ4n) is 5.78. The van der Waals surface area contributed by atoms with Crippen LogP contribution >= 0.6 is 24.8 Å². The molecule has 3 aliphatic rings. The van der Waals surface area contributed by atoms with E-state index in [4.69, 9.17) is 11.5 Å². The van der Waals surface area contributed by atoms with Gasteiger partial charge in [0.15, 0.2) is 0 Å². The molecule has 0 aliphatic carbocycles. The zero-order chi connectivity index (χ0) is 36.0. The molecule has 16 heteroatoms. The Kier molecular flexibility index (Phi) is 23.9. The van der Waals surface area contributed by atoms with E-state index in [0.717, 1.165) is 80.6 Å². The molecule has 0 spiro atoms. The lowest BCUT2D eigenvalue weighted by atomic mass is 10.3. The van der Waals surface area contributed by atoms with Gasteiger partial charge in [0.25, 0.3) is 11.4 Å². The zero-order valence-electron chi connectivity index (χ0n) is 29.9. The van der Waals surface area contributed by atoms with Crippen molar-refractivity contribution in [2.24, 2.45) is 5.73 Å². The molecule has 3 aromatic rings. The molecule has 0 saturated carbocycles. The van der Waals surface area contributed by atoms with Crippen LogP contribution in [0.25, 0.3) is 0 Å². The standard InChI is InChI=1S/C12H17N3O2.C12H19N3.C6H4FNO2.C6H14N2.2ClH/c16-15(17)12-5-3-11(4-6-12)13-7-10-14-8-1-2-9-14;13-11-3-5-12(6-4-11)14-7-10-15-8-1-2-9-15;7-5-1-3-6(4-2-5)8(9)10;7-3-6-8-4-1-2-5-8;;/h3-6,13H,1-2,7-10H2;3-6,14H,1-2,7-10,13H2;1-4H;1-7H2;2*1H. The Morgan fingerprint density at radius 2 is 0.904 bits per heavy atom. The first kappa shape index (κ1) is 46.2. The monoisotopic (exact) mass is 767 g/mol. The van der Waals surface area contributed by atoms with Gasteiger partial charge in [-0.15, -0.1) is 24.8 Å². The second-order valence-electron chi connectivity index (χ2n) is 12.4. The van der Waals surface area contributed by atoms with Gasteiger partial charge in [0, 0.05) is 80.6 Å². The third kappa shape index (κ3) is 19.2. The number of nitrogens with two attached hydrogens (primary N) is 2. The highest BCUT2D eigenvalue weighted by atomic mass is 35.5. The predicted molar refractivity (Wildman–Crippen MR) is 215 cm³/mol. The molecule has 0 radical (unpaired) electrons. The first-order chi connectivity index (χ1) is 24.2. The number of nitro groups is 2. The Hall–Kier alpha value is -3.79. The van der Waals surface area contributed by atoms with Crippen LogP contribution < -0.4 is 22.1 Å². The molecule has 3 saturated heterocycles. The summed E-state index contributed by atoms with van der Waals surface area (Å²) in [6.45, 7) is 13.5. The van der Waals surface area contributed by atoms with Gasteiger partial charge in [-0.3, -0.25) is 20.2 Å². The summed E-state index contributed by atoms with van der Waals surface area (Å²) in [5.41, 5.74) is 13.9. The minimum Gasteiger partial charge on any atom is -0.399 e. The molecule has 0 amide bonds. The Balaban J connectivity index is 0.000000355. The summed E-state index contributed by atoms with van der Waals surface area (Å²) >= 11 is 0. The maximum atomic E-state index is 12.1. The summed E-state index contributed by atoms with van der Waals surface area (Å²) in [7, 11) is 0. The van der Waals surface area contributed by atoms with E-state index in [1.165, 1.54) is 89.9 Å². The van der Waals surface area contributed by atoms with Crippen molar-refractivity contribution >= 4 is 53.3 Å². The number of nitrogens with zero attached hydrogens (tertiary/aromatic N) is 5. The predicted octanol–water partition coefficient (Wildman–Crippen LogP) is 6.50. The molecule has 0 unspecified atom stereocenters. The van der Waals surface area contributed by atoms with Gasteiger partial charge in [0.1, 0.15) is 5.82 Å². The van der Waals surface area contributed by atoms with Crippen LogP contribution in [0.4, 0.5) is 32.8 Å². The highest BCUT2D eigenvalue weighted by Gasteiger charge is 2.12. The molecule has 3 aliphatic heterocycles. The van der Waals surface area contributed by atoms with Gasteiger partial charge < -0.3 is 36.8 Å². The lowest BCUT2D eigenvalue weighted by molar-refractivity contribution is -0.385. The van der Waals surface area contributed by atoms with Crippen LogP contribution in [0.3, 0.4) is 0 Å². The zero-order valence-corrected chi connectivity index (χ0v) is 31.5. The van der Waals surface area contributed by atoms with Gasteiger partial charge in [-0.2, -0.15) is 0 Å². The Morgan fingerprint density at radius 1 is 0.577 bits per heavy atom. The van der Waals surface area contributed by atoms with Crippen molar-refractivity contribution in [1.82, 2.24) is 14.7 Å².